The fourth-order valence-electron chi connectivity index (χ4n) is 1.86. The fraction of sp³-hybridized carbons (Fsp3) is 0.250. The van der Waals surface area contributed by atoms with E-state index in [1.807, 2.05) is 50.4 Å². The van der Waals surface area contributed by atoms with E-state index < -0.39 is 0 Å². The van der Waals surface area contributed by atoms with Gasteiger partial charge in [-0.05, 0) is 50.7 Å². The average molecular weight is 284 g/mol. The van der Waals surface area contributed by atoms with E-state index in [0.717, 1.165) is 11.4 Å². The van der Waals surface area contributed by atoms with Crippen molar-refractivity contribution in [1.29, 1.82) is 0 Å². The number of carbonyl (C=O) groups is 1. The SMILES string of the molecule is CNC(C)c1ccc(NC(=O)Nc2ccc(C)nc2)cc1. The van der Waals surface area contributed by atoms with Crippen molar-refractivity contribution in [3.63, 3.8) is 0 Å². The lowest BCUT2D eigenvalue weighted by Crippen LogP contribution is -2.19. The van der Waals surface area contributed by atoms with E-state index in [2.05, 4.69) is 27.9 Å². The predicted octanol–water partition coefficient (Wildman–Crippen LogP) is 3.31. The highest BCUT2D eigenvalue weighted by atomic mass is 16.2. The zero-order chi connectivity index (χ0) is 15.2. The normalized spacial score (nSPS) is 11.8. The van der Waals surface area contributed by atoms with Crippen molar-refractivity contribution in [3.8, 4) is 0 Å². The van der Waals surface area contributed by atoms with Crippen LogP contribution in [0, 0.1) is 6.92 Å². The molecule has 2 rings (SSSR count). The Bertz CT molecular complexity index is 593. The minimum absolute atomic E-state index is 0.282. The Morgan fingerprint density at radius 1 is 1.05 bits per heavy atom. The molecule has 2 aromatic rings. The number of hydrogen-bond donors (Lipinski definition) is 3. The van der Waals surface area contributed by atoms with Gasteiger partial charge in [-0.1, -0.05) is 12.1 Å². The minimum Gasteiger partial charge on any atom is -0.313 e. The third kappa shape index (κ3) is 4.29. The molecular formula is C16H20N4O. The number of rotatable bonds is 4. The summed E-state index contributed by atoms with van der Waals surface area (Å²) in [6, 6.07) is 11.4. The summed E-state index contributed by atoms with van der Waals surface area (Å²) in [7, 11) is 1.92. The summed E-state index contributed by atoms with van der Waals surface area (Å²) >= 11 is 0. The van der Waals surface area contributed by atoms with Crippen LogP contribution in [0.2, 0.25) is 0 Å². The highest BCUT2D eigenvalue weighted by molar-refractivity contribution is 5.99. The number of amides is 2. The van der Waals surface area contributed by atoms with Crippen LogP contribution in [0.1, 0.15) is 24.2 Å². The maximum atomic E-state index is 11.9. The molecule has 1 heterocycles. The summed E-state index contributed by atoms with van der Waals surface area (Å²) in [4.78, 5) is 16.0. The van der Waals surface area contributed by atoms with Crippen LogP contribution < -0.4 is 16.0 Å². The standard InChI is InChI=1S/C16H20N4O/c1-11-4-7-15(10-18-11)20-16(21)19-14-8-5-13(6-9-14)12(2)17-3/h4-10,12,17H,1-3H3,(H2,19,20,21). The van der Waals surface area contributed by atoms with Gasteiger partial charge >= 0.3 is 6.03 Å². The van der Waals surface area contributed by atoms with E-state index in [-0.39, 0.29) is 12.1 Å². The Balaban J connectivity index is 1.94. The Morgan fingerprint density at radius 2 is 1.67 bits per heavy atom. The second-order valence-corrected chi connectivity index (χ2v) is 4.90. The molecule has 1 aromatic heterocycles. The average Bonchev–Trinajstić information content (AvgIpc) is 2.49. The van der Waals surface area contributed by atoms with Crippen molar-refractivity contribution in [2.24, 2.45) is 0 Å². The second-order valence-electron chi connectivity index (χ2n) is 4.90. The van der Waals surface area contributed by atoms with Gasteiger partial charge in [-0.15, -0.1) is 0 Å². The number of anilines is 2. The Kier molecular flexibility index (Phi) is 4.90. The van der Waals surface area contributed by atoms with Crippen molar-refractivity contribution in [1.82, 2.24) is 10.3 Å². The molecule has 0 saturated heterocycles. The summed E-state index contributed by atoms with van der Waals surface area (Å²) in [5.41, 5.74) is 3.50. The van der Waals surface area contributed by atoms with E-state index in [1.165, 1.54) is 5.56 Å². The van der Waals surface area contributed by atoms with Crippen LogP contribution in [0.4, 0.5) is 16.2 Å². The van der Waals surface area contributed by atoms with Gasteiger partial charge in [-0.2, -0.15) is 0 Å². The molecule has 1 atom stereocenters. The third-order valence-corrected chi connectivity index (χ3v) is 3.27. The number of nitrogens with zero attached hydrogens (tertiary/aromatic N) is 1. The summed E-state index contributed by atoms with van der Waals surface area (Å²) in [5.74, 6) is 0. The largest absolute Gasteiger partial charge is 0.323 e. The second kappa shape index (κ2) is 6.85. The topological polar surface area (TPSA) is 66.0 Å². The number of aryl methyl sites for hydroxylation is 1. The molecule has 0 aliphatic heterocycles. The zero-order valence-electron chi connectivity index (χ0n) is 12.5. The molecule has 21 heavy (non-hydrogen) atoms. The molecule has 5 nitrogen and oxygen atoms in total. The zero-order valence-corrected chi connectivity index (χ0v) is 12.5. The number of aromatic nitrogens is 1. The number of benzene rings is 1. The van der Waals surface area contributed by atoms with Gasteiger partial charge in [0.2, 0.25) is 0 Å². The first-order valence-electron chi connectivity index (χ1n) is 6.86. The molecular weight excluding hydrogens is 264 g/mol. The molecule has 3 N–H and O–H groups in total. The van der Waals surface area contributed by atoms with Crippen molar-refractivity contribution in [2.45, 2.75) is 19.9 Å². The lowest BCUT2D eigenvalue weighted by atomic mass is 10.1. The smallest absolute Gasteiger partial charge is 0.313 e. The Morgan fingerprint density at radius 3 is 2.24 bits per heavy atom. The quantitative estimate of drug-likeness (QED) is 0.807. The first kappa shape index (κ1) is 15.0. The molecule has 1 aromatic carbocycles. The van der Waals surface area contributed by atoms with Crippen LogP contribution in [-0.4, -0.2) is 18.1 Å². The van der Waals surface area contributed by atoms with Crippen molar-refractivity contribution in [2.75, 3.05) is 17.7 Å². The molecule has 0 aliphatic rings. The van der Waals surface area contributed by atoms with Gasteiger partial charge in [-0.25, -0.2) is 4.79 Å². The molecule has 0 spiro atoms. The maximum Gasteiger partial charge on any atom is 0.323 e. The van der Waals surface area contributed by atoms with Gasteiger partial charge in [0.05, 0.1) is 11.9 Å². The Labute approximate surface area is 124 Å². The van der Waals surface area contributed by atoms with Gasteiger partial charge < -0.3 is 16.0 Å². The molecule has 0 fully saturated rings. The van der Waals surface area contributed by atoms with Crippen LogP contribution in [0.5, 0.6) is 0 Å². The number of hydrogen-bond acceptors (Lipinski definition) is 3. The van der Waals surface area contributed by atoms with E-state index in [1.54, 1.807) is 6.20 Å². The van der Waals surface area contributed by atoms with Gasteiger partial charge in [0.15, 0.2) is 0 Å². The van der Waals surface area contributed by atoms with Crippen LogP contribution in [0.25, 0.3) is 0 Å². The minimum atomic E-state index is -0.282. The number of nitrogens with one attached hydrogen (secondary N) is 3. The molecule has 0 saturated carbocycles. The Hall–Kier alpha value is -2.40. The number of urea groups is 1. The molecule has 0 radical (unpaired) electrons. The highest BCUT2D eigenvalue weighted by Crippen LogP contribution is 2.16. The van der Waals surface area contributed by atoms with Crippen molar-refractivity contribution < 1.29 is 4.79 Å². The fourth-order valence-corrected chi connectivity index (χ4v) is 1.86. The summed E-state index contributed by atoms with van der Waals surface area (Å²) in [6.45, 7) is 3.98. The maximum absolute atomic E-state index is 11.9. The molecule has 2 amide bonds. The lowest BCUT2D eigenvalue weighted by Gasteiger charge is -2.12. The van der Waals surface area contributed by atoms with Gasteiger partial charge in [0, 0.05) is 17.4 Å². The monoisotopic (exact) mass is 284 g/mol. The number of carbonyl (C=O) groups excluding carboxylic acids is 1. The first-order chi connectivity index (χ1) is 10.1. The number of pyridine rings is 1. The van der Waals surface area contributed by atoms with Crippen molar-refractivity contribution >= 4 is 17.4 Å². The molecule has 0 bridgehead atoms. The first-order valence-corrected chi connectivity index (χ1v) is 6.86. The van der Waals surface area contributed by atoms with E-state index in [4.69, 9.17) is 0 Å². The third-order valence-electron chi connectivity index (χ3n) is 3.27. The van der Waals surface area contributed by atoms with Crippen LogP contribution in [0.3, 0.4) is 0 Å². The van der Waals surface area contributed by atoms with Crippen LogP contribution >= 0.6 is 0 Å². The van der Waals surface area contributed by atoms with E-state index in [0.29, 0.717) is 5.69 Å². The highest BCUT2D eigenvalue weighted by Gasteiger charge is 2.05. The van der Waals surface area contributed by atoms with Crippen molar-refractivity contribution in [3.05, 3.63) is 53.9 Å². The summed E-state index contributed by atoms with van der Waals surface area (Å²) in [6.07, 6.45) is 1.63. The molecule has 1 unspecified atom stereocenters. The predicted molar refractivity (Wildman–Crippen MR) is 85.5 cm³/mol. The van der Waals surface area contributed by atoms with Crippen LogP contribution in [0.15, 0.2) is 42.6 Å². The summed E-state index contributed by atoms with van der Waals surface area (Å²) in [5, 5.41) is 8.70. The van der Waals surface area contributed by atoms with Crippen LogP contribution in [-0.2, 0) is 0 Å². The molecule has 110 valence electrons. The van der Waals surface area contributed by atoms with E-state index in [9.17, 15) is 4.79 Å². The van der Waals surface area contributed by atoms with E-state index >= 15 is 0 Å². The molecule has 5 heteroatoms. The lowest BCUT2D eigenvalue weighted by molar-refractivity contribution is 0.262. The van der Waals surface area contributed by atoms with Gasteiger partial charge in [0.1, 0.15) is 0 Å². The van der Waals surface area contributed by atoms with Gasteiger partial charge in [-0.3, -0.25) is 4.98 Å². The molecule has 0 aliphatic carbocycles. The van der Waals surface area contributed by atoms with Gasteiger partial charge in [0.25, 0.3) is 0 Å². The summed E-state index contributed by atoms with van der Waals surface area (Å²) < 4.78 is 0.